The molecule has 1 N–H and O–H groups in total. The molecule has 0 aliphatic heterocycles. The molecule has 0 amide bonds. The molecule has 3 heteroatoms. The van der Waals surface area contributed by atoms with Gasteiger partial charge in [-0.1, -0.05) is 6.92 Å². The van der Waals surface area contributed by atoms with E-state index < -0.39 is 0 Å². The van der Waals surface area contributed by atoms with E-state index in [9.17, 15) is 0 Å². The van der Waals surface area contributed by atoms with Crippen molar-refractivity contribution >= 4 is 15.9 Å². The van der Waals surface area contributed by atoms with Crippen LogP contribution in [0.25, 0.3) is 0 Å². The Labute approximate surface area is 87.8 Å². The Hall–Kier alpha value is -0.280. The van der Waals surface area contributed by atoms with Gasteiger partial charge in [-0.15, -0.1) is 0 Å². The van der Waals surface area contributed by atoms with Crippen LogP contribution in [0.15, 0.2) is 21.2 Å². The maximum atomic E-state index is 5.38. The molecule has 0 aromatic carbocycles. The molecule has 0 aliphatic rings. The van der Waals surface area contributed by atoms with Crippen LogP contribution in [-0.4, -0.2) is 5.54 Å². The van der Waals surface area contributed by atoms with Gasteiger partial charge >= 0.3 is 0 Å². The largest absolute Gasteiger partial charge is 0.453 e. The van der Waals surface area contributed by atoms with Crippen LogP contribution in [0.3, 0.4) is 0 Å². The average Bonchev–Trinajstić information content (AvgIpc) is 2.48. The Morgan fingerprint density at radius 2 is 2.15 bits per heavy atom. The molecule has 74 valence electrons. The highest BCUT2D eigenvalue weighted by Crippen LogP contribution is 2.15. The van der Waals surface area contributed by atoms with Crippen molar-refractivity contribution in [3.05, 3.63) is 22.6 Å². The first-order valence-electron chi connectivity index (χ1n) is 4.53. The highest BCUT2D eigenvalue weighted by molar-refractivity contribution is 9.10. The lowest BCUT2D eigenvalue weighted by Gasteiger charge is -2.23. The van der Waals surface area contributed by atoms with Gasteiger partial charge in [-0.2, -0.15) is 0 Å². The second-order valence-corrected chi connectivity index (χ2v) is 4.58. The molecule has 0 saturated heterocycles. The normalized spacial score (nSPS) is 12.0. The Balaban J connectivity index is 2.43. The molecule has 0 spiro atoms. The Morgan fingerprint density at radius 1 is 1.46 bits per heavy atom. The van der Waals surface area contributed by atoms with Gasteiger partial charge in [0.25, 0.3) is 0 Å². The second kappa shape index (κ2) is 4.29. The molecule has 2 nitrogen and oxygen atoms in total. The third-order valence-electron chi connectivity index (χ3n) is 2.25. The van der Waals surface area contributed by atoms with Crippen molar-refractivity contribution < 1.29 is 4.42 Å². The lowest BCUT2D eigenvalue weighted by molar-refractivity contribution is 0.349. The fourth-order valence-electron chi connectivity index (χ4n) is 0.898. The molecule has 1 heterocycles. The number of hydrogen-bond donors (Lipinski definition) is 1. The third-order valence-corrected chi connectivity index (χ3v) is 2.68. The number of furan rings is 1. The molecule has 0 bridgehead atoms. The molecule has 0 radical (unpaired) electrons. The number of rotatable bonds is 4. The SMILES string of the molecule is CCC(C)(C)NCc1ccc(Br)o1. The summed E-state index contributed by atoms with van der Waals surface area (Å²) in [5.41, 5.74) is 0.180. The molecular formula is C10H16BrNO. The van der Waals surface area contributed by atoms with Gasteiger partial charge in [0.15, 0.2) is 4.67 Å². The minimum absolute atomic E-state index is 0.180. The summed E-state index contributed by atoms with van der Waals surface area (Å²) in [6.07, 6.45) is 1.11. The molecule has 0 unspecified atom stereocenters. The Bertz CT molecular complexity index is 268. The van der Waals surface area contributed by atoms with Gasteiger partial charge in [0.05, 0.1) is 6.54 Å². The van der Waals surface area contributed by atoms with Crippen molar-refractivity contribution in [2.45, 2.75) is 39.3 Å². The number of nitrogens with one attached hydrogen (secondary N) is 1. The van der Waals surface area contributed by atoms with Crippen LogP contribution in [0.1, 0.15) is 33.0 Å². The standard InChI is InChI=1S/C10H16BrNO/c1-4-10(2,3)12-7-8-5-6-9(11)13-8/h5-6,12H,4,7H2,1-3H3. The van der Waals surface area contributed by atoms with Crippen LogP contribution >= 0.6 is 15.9 Å². The van der Waals surface area contributed by atoms with Crippen molar-refractivity contribution in [2.75, 3.05) is 0 Å². The van der Waals surface area contributed by atoms with Gasteiger partial charge in [-0.05, 0) is 48.3 Å². The minimum Gasteiger partial charge on any atom is -0.453 e. The summed E-state index contributed by atoms with van der Waals surface area (Å²) >= 11 is 3.28. The fraction of sp³-hybridized carbons (Fsp3) is 0.600. The molecule has 13 heavy (non-hydrogen) atoms. The summed E-state index contributed by atoms with van der Waals surface area (Å²) in [4.78, 5) is 0. The van der Waals surface area contributed by atoms with Gasteiger partial charge in [-0.3, -0.25) is 0 Å². The van der Waals surface area contributed by atoms with Gasteiger partial charge in [0.1, 0.15) is 5.76 Å². The van der Waals surface area contributed by atoms with Crippen molar-refractivity contribution in [3.63, 3.8) is 0 Å². The minimum atomic E-state index is 0.180. The van der Waals surface area contributed by atoms with Crippen LogP contribution in [0.2, 0.25) is 0 Å². The maximum Gasteiger partial charge on any atom is 0.169 e. The topological polar surface area (TPSA) is 25.2 Å². The van der Waals surface area contributed by atoms with E-state index in [1.54, 1.807) is 0 Å². The molecule has 1 rings (SSSR count). The fourth-order valence-corrected chi connectivity index (χ4v) is 1.24. The highest BCUT2D eigenvalue weighted by atomic mass is 79.9. The van der Waals surface area contributed by atoms with E-state index in [1.165, 1.54) is 0 Å². The third kappa shape index (κ3) is 3.53. The molecule has 1 aromatic heterocycles. The van der Waals surface area contributed by atoms with Gasteiger partial charge in [0, 0.05) is 5.54 Å². The number of halogens is 1. The van der Waals surface area contributed by atoms with E-state index in [1.807, 2.05) is 12.1 Å². The molecule has 1 aromatic rings. The Kier molecular flexibility index (Phi) is 3.56. The summed E-state index contributed by atoms with van der Waals surface area (Å²) in [6.45, 7) is 7.33. The first kappa shape index (κ1) is 10.8. The van der Waals surface area contributed by atoms with E-state index in [2.05, 4.69) is 42.0 Å². The molecule has 0 saturated carbocycles. The predicted octanol–water partition coefficient (Wildman–Crippen LogP) is 3.32. The quantitative estimate of drug-likeness (QED) is 0.881. The number of hydrogen-bond acceptors (Lipinski definition) is 2. The zero-order valence-electron chi connectivity index (χ0n) is 8.36. The van der Waals surface area contributed by atoms with Crippen LogP contribution in [0, 0.1) is 0 Å². The summed E-state index contributed by atoms with van der Waals surface area (Å²) in [7, 11) is 0. The lowest BCUT2D eigenvalue weighted by Crippen LogP contribution is -2.37. The summed E-state index contributed by atoms with van der Waals surface area (Å²) < 4.78 is 6.17. The van der Waals surface area contributed by atoms with Crippen molar-refractivity contribution in [1.29, 1.82) is 0 Å². The van der Waals surface area contributed by atoms with E-state index >= 15 is 0 Å². The first-order chi connectivity index (χ1) is 6.03. The lowest BCUT2D eigenvalue weighted by atomic mass is 10.0. The molecule has 0 atom stereocenters. The summed E-state index contributed by atoms with van der Waals surface area (Å²) in [6, 6.07) is 3.89. The average molecular weight is 246 g/mol. The van der Waals surface area contributed by atoms with Gasteiger partial charge in [0.2, 0.25) is 0 Å². The van der Waals surface area contributed by atoms with E-state index in [0.717, 1.165) is 23.4 Å². The molecule has 0 fully saturated rings. The first-order valence-corrected chi connectivity index (χ1v) is 5.32. The van der Waals surface area contributed by atoms with Crippen LogP contribution in [0.5, 0.6) is 0 Å². The second-order valence-electron chi connectivity index (χ2n) is 3.80. The van der Waals surface area contributed by atoms with E-state index in [4.69, 9.17) is 4.42 Å². The maximum absolute atomic E-state index is 5.38. The van der Waals surface area contributed by atoms with Crippen LogP contribution < -0.4 is 5.32 Å². The van der Waals surface area contributed by atoms with Crippen LogP contribution in [-0.2, 0) is 6.54 Å². The van der Waals surface area contributed by atoms with Crippen molar-refractivity contribution in [1.82, 2.24) is 5.32 Å². The zero-order valence-corrected chi connectivity index (χ0v) is 9.94. The molecule has 0 aliphatic carbocycles. The molecular weight excluding hydrogens is 230 g/mol. The van der Waals surface area contributed by atoms with Crippen molar-refractivity contribution in [2.24, 2.45) is 0 Å². The zero-order chi connectivity index (χ0) is 9.90. The van der Waals surface area contributed by atoms with Gasteiger partial charge in [-0.25, -0.2) is 0 Å². The predicted molar refractivity (Wildman–Crippen MR) is 57.6 cm³/mol. The Morgan fingerprint density at radius 3 is 2.62 bits per heavy atom. The van der Waals surface area contributed by atoms with Gasteiger partial charge < -0.3 is 9.73 Å². The monoisotopic (exact) mass is 245 g/mol. The van der Waals surface area contributed by atoms with E-state index in [-0.39, 0.29) is 5.54 Å². The smallest absolute Gasteiger partial charge is 0.169 e. The highest BCUT2D eigenvalue weighted by Gasteiger charge is 2.14. The summed E-state index contributed by atoms with van der Waals surface area (Å²) in [5, 5.41) is 3.42. The van der Waals surface area contributed by atoms with Crippen LogP contribution in [0.4, 0.5) is 0 Å². The van der Waals surface area contributed by atoms with E-state index in [0.29, 0.717) is 0 Å². The summed E-state index contributed by atoms with van der Waals surface area (Å²) in [5.74, 6) is 0.966. The van der Waals surface area contributed by atoms with Crippen molar-refractivity contribution in [3.8, 4) is 0 Å².